The quantitative estimate of drug-likeness (QED) is 0.467. The lowest BCUT2D eigenvalue weighted by Crippen LogP contribution is -1.82. The zero-order valence-electron chi connectivity index (χ0n) is 7.83. The van der Waals surface area contributed by atoms with E-state index in [1.54, 1.807) is 0 Å². The summed E-state index contributed by atoms with van der Waals surface area (Å²) in [6.07, 6.45) is 8.10. The van der Waals surface area contributed by atoms with Crippen molar-refractivity contribution >= 4 is 0 Å². The topological polar surface area (TPSA) is 0 Å². The van der Waals surface area contributed by atoms with Gasteiger partial charge >= 0.3 is 0 Å². The first-order valence-corrected chi connectivity index (χ1v) is 5.03. The van der Waals surface area contributed by atoms with E-state index in [2.05, 4.69) is 0 Å². The molecule has 0 atom stereocenters. The Morgan fingerprint density at radius 1 is 0.417 bits per heavy atom. The van der Waals surface area contributed by atoms with Crippen molar-refractivity contribution in [3.8, 4) is 0 Å². The molecule has 0 spiro atoms. The molecule has 0 aromatic carbocycles. The van der Waals surface area contributed by atoms with Gasteiger partial charge in [0.25, 0.3) is 0 Å². The Bertz CT molecular complexity index is 64.2. The fourth-order valence-electron chi connectivity index (χ4n) is 1.25. The molecule has 0 heterocycles. The van der Waals surface area contributed by atoms with E-state index in [4.69, 9.17) is 0 Å². The molecule has 12 heavy (non-hydrogen) atoms. The van der Waals surface area contributed by atoms with Gasteiger partial charge in [0, 0.05) is 0 Å². The van der Waals surface area contributed by atoms with Crippen molar-refractivity contribution in [3.63, 3.8) is 0 Å². The van der Waals surface area contributed by atoms with Gasteiger partial charge < -0.3 is 0 Å². The van der Waals surface area contributed by atoms with Gasteiger partial charge in [-0.2, -0.15) is 0 Å². The molecule has 0 nitrogen and oxygen atoms in total. The van der Waals surface area contributed by atoms with Gasteiger partial charge in [-0.15, -0.1) is 0 Å². The van der Waals surface area contributed by atoms with Crippen LogP contribution >= 0.6 is 0 Å². The molecule has 2 heteroatoms. The fourth-order valence-corrected chi connectivity index (χ4v) is 1.25. The Morgan fingerprint density at radius 3 is 0.917 bits per heavy atom. The second-order valence-corrected chi connectivity index (χ2v) is 3.21. The minimum Gasteiger partial charge on any atom is -0.251 e. The summed E-state index contributed by atoms with van der Waals surface area (Å²) in [6, 6.07) is 0. The Morgan fingerprint density at radius 2 is 0.667 bits per heavy atom. The lowest BCUT2D eigenvalue weighted by Gasteiger charge is -1.98. The Kier molecular flexibility index (Phi) is 10.7. The van der Waals surface area contributed by atoms with E-state index < -0.39 is 0 Å². The van der Waals surface area contributed by atoms with Crippen LogP contribution in [0.5, 0.6) is 0 Å². The number of halogens is 2. The molecule has 0 bridgehead atoms. The fraction of sp³-hybridized carbons (Fsp3) is 1.00. The predicted octanol–water partition coefficient (Wildman–Crippen LogP) is 4.05. The Labute approximate surface area is 74.4 Å². The van der Waals surface area contributed by atoms with Crippen LogP contribution in [0.1, 0.15) is 51.4 Å². The third-order valence-electron chi connectivity index (χ3n) is 2.02. The van der Waals surface area contributed by atoms with E-state index in [9.17, 15) is 8.78 Å². The van der Waals surface area contributed by atoms with Gasteiger partial charge in [-0.05, 0) is 12.8 Å². The lowest BCUT2D eigenvalue weighted by molar-refractivity contribution is 0.438. The predicted molar refractivity (Wildman–Crippen MR) is 48.9 cm³/mol. The van der Waals surface area contributed by atoms with Gasteiger partial charge in [0.2, 0.25) is 0 Å². The van der Waals surface area contributed by atoms with Gasteiger partial charge in [-0.25, -0.2) is 0 Å². The van der Waals surface area contributed by atoms with Crippen LogP contribution < -0.4 is 0 Å². The molecule has 0 radical (unpaired) electrons. The van der Waals surface area contributed by atoms with E-state index in [0.717, 1.165) is 25.7 Å². The summed E-state index contributed by atoms with van der Waals surface area (Å²) >= 11 is 0. The standard InChI is InChI=1S/C10H20F2/c11-9-7-5-3-1-2-4-6-8-10-12/h1-10H2. The molecule has 0 fully saturated rings. The van der Waals surface area contributed by atoms with Gasteiger partial charge in [0.15, 0.2) is 0 Å². The number of unbranched alkanes of at least 4 members (excludes halogenated alkanes) is 7. The Balaban J connectivity index is 2.73. The van der Waals surface area contributed by atoms with E-state index >= 15 is 0 Å². The van der Waals surface area contributed by atoms with Crippen molar-refractivity contribution < 1.29 is 8.78 Å². The van der Waals surface area contributed by atoms with Gasteiger partial charge in [0.1, 0.15) is 0 Å². The summed E-state index contributed by atoms with van der Waals surface area (Å²) in [6.45, 7) is -0.357. The molecular weight excluding hydrogens is 158 g/mol. The first-order valence-electron chi connectivity index (χ1n) is 5.03. The van der Waals surface area contributed by atoms with Gasteiger partial charge in [-0.3, -0.25) is 8.78 Å². The molecule has 0 aliphatic carbocycles. The lowest BCUT2D eigenvalue weighted by atomic mass is 10.1. The van der Waals surface area contributed by atoms with Gasteiger partial charge in [0.05, 0.1) is 13.3 Å². The van der Waals surface area contributed by atoms with Crippen LogP contribution in [0.3, 0.4) is 0 Å². The summed E-state index contributed by atoms with van der Waals surface area (Å²) in [4.78, 5) is 0. The maximum absolute atomic E-state index is 11.6. The number of hydrogen-bond acceptors (Lipinski definition) is 0. The molecule has 0 saturated carbocycles. The molecule has 0 aliphatic rings. The maximum Gasteiger partial charge on any atom is 0.0894 e. The van der Waals surface area contributed by atoms with E-state index in [-0.39, 0.29) is 13.3 Å². The minimum absolute atomic E-state index is 0.179. The molecule has 0 saturated heterocycles. The molecule has 0 rings (SSSR count). The molecular formula is C10H20F2. The van der Waals surface area contributed by atoms with E-state index in [0.29, 0.717) is 12.8 Å². The summed E-state index contributed by atoms with van der Waals surface area (Å²) in [7, 11) is 0. The number of rotatable bonds is 9. The number of hydrogen-bond donors (Lipinski definition) is 0. The van der Waals surface area contributed by atoms with Crippen LogP contribution in [0.15, 0.2) is 0 Å². The second kappa shape index (κ2) is 10.9. The summed E-state index contributed by atoms with van der Waals surface area (Å²) in [5, 5.41) is 0. The average molecular weight is 178 g/mol. The molecule has 0 N–H and O–H groups in total. The Hall–Kier alpha value is -0.140. The highest BCUT2D eigenvalue weighted by Gasteiger charge is 1.91. The summed E-state index contributed by atoms with van der Waals surface area (Å²) in [5.41, 5.74) is 0. The van der Waals surface area contributed by atoms with Crippen molar-refractivity contribution in [2.24, 2.45) is 0 Å². The van der Waals surface area contributed by atoms with Crippen molar-refractivity contribution in [3.05, 3.63) is 0 Å². The average Bonchev–Trinajstić information content (AvgIpc) is 2.10. The van der Waals surface area contributed by atoms with Crippen molar-refractivity contribution in [1.82, 2.24) is 0 Å². The highest BCUT2D eigenvalue weighted by atomic mass is 19.1. The SMILES string of the molecule is FCCCCCCCCCCF. The molecule has 0 unspecified atom stereocenters. The molecule has 0 aromatic rings. The maximum atomic E-state index is 11.6. The van der Waals surface area contributed by atoms with Crippen LogP contribution in [0, 0.1) is 0 Å². The largest absolute Gasteiger partial charge is 0.251 e. The summed E-state index contributed by atoms with van der Waals surface area (Å²) in [5.74, 6) is 0. The molecule has 0 aliphatic heterocycles. The molecule has 0 aromatic heterocycles. The highest BCUT2D eigenvalue weighted by molar-refractivity contribution is 4.45. The summed E-state index contributed by atoms with van der Waals surface area (Å²) < 4.78 is 23.3. The van der Waals surface area contributed by atoms with Crippen LogP contribution in [-0.4, -0.2) is 13.3 Å². The normalized spacial score (nSPS) is 10.5. The van der Waals surface area contributed by atoms with Gasteiger partial charge in [-0.1, -0.05) is 38.5 Å². The molecule has 0 amide bonds. The van der Waals surface area contributed by atoms with Crippen molar-refractivity contribution in [1.29, 1.82) is 0 Å². The van der Waals surface area contributed by atoms with Crippen LogP contribution in [0.2, 0.25) is 0 Å². The molecule has 74 valence electrons. The van der Waals surface area contributed by atoms with Crippen LogP contribution in [-0.2, 0) is 0 Å². The number of alkyl halides is 2. The van der Waals surface area contributed by atoms with Crippen molar-refractivity contribution in [2.45, 2.75) is 51.4 Å². The first-order chi connectivity index (χ1) is 5.91. The van der Waals surface area contributed by atoms with Crippen molar-refractivity contribution in [2.75, 3.05) is 13.3 Å². The van der Waals surface area contributed by atoms with Crippen LogP contribution in [0.25, 0.3) is 0 Å². The first kappa shape index (κ1) is 11.9. The highest BCUT2D eigenvalue weighted by Crippen LogP contribution is 2.08. The van der Waals surface area contributed by atoms with Crippen LogP contribution in [0.4, 0.5) is 8.78 Å². The zero-order valence-corrected chi connectivity index (χ0v) is 7.83. The smallest absolute Gasteiger partial charge is 0.0894 e. The van der Waals surface area contributed by atoms with E-state index in [1.165, 1.54) is 12.8 Å². The minimum atomic E-state index is -0.179. The van der Waals surface area contributed by atoms with E-state index in [1.807, 2.05) is 0 Å². The third-order valence-corrected chi connectivity index (χ3v) is 2.02. The third kappa shape index (κ3) is 9.86. The zero-order chi connectivity index (χ0) is 9.07. The second-order valence-electron chi connectivity index (χ2n) is 3.21. The monoisotopic (exact) mass is 178 g/mol.